The molecule has 0 saturated carbocycles. The number of ether oxygens (including phenoxy) is 4. The van der Waals surface area contributed by atoms with Crippen LogP contribution in [0, 0.1) is 0 Å². The molecule has 0 aromatic heterocycles. The van der Waals surface area contributed by atoms with Crippen molar-refractivity contribution >= 4 is 0 Å². The second kappa shape index (κ2) is 10.7. The van der Waals surface area contributed by atoms with Crippen LogP contribution in [0.4, 0.5) is 0 Å². The van der Waals surface area contributed by atoms with Crippen LogP contribution in [0.2, 0.25) is 0 Å². The zero-order chi connectivity index (χ0) is 26.1. The first kappa shape index (κ1) is 24.7. The molecule has 198 valence electrons. The van der Waals surface area contributed by atoms with Gasteiger partial charge in [0, 0.05) is 0 Å². The van der Waals surface area contributed by atoms with Gasteiger partial charge in [-0.15, -0.1) is 0 Å². The molecular formula is C35H34O4. The lowest BCUT2D eigenvalue weighted by atomic mass is 9.67. The summed E-state index contributed by atoms with van der Waals surface area (Å²) in [5.41, 5.74) is 10.1. The molecule has 0 N–H and O–H groups in total. The van der Waals surface area contributed by atoms with Gasteiger partial charge in [0.1, 0.15) is 12.2 Å². The normalized spacial score (nSPS) is 19.9. The van der Waals surface area contributed by atoms with Gasteiger partial charge in [0.15, 0.2) is 0 Å². The van der Waals surface area contributed by atoms with Crippen LogP contribution < -0.4 is 0 Å². The van der Waals surface area contributed by atoms with Gasteiger partial charge in [-0.25, -0.2) is 0 Å². The van der Waals surface area contributed by atoms with E-state index in [1.54, 1.807) is 0 Å². The molecule has 4 aromatic rings. The third-order valence-electron chi connectivity index (χ3n) is 8.21. The summed E-state index contributed by atoms with van der Waals surface area (Å²) in [7, 11) is 0. The molecule has 2 saturated heterocycles. The van der Waals surface area contributed by atoms with Crippen molar-refractivity contribution in [3.8, 4) is 11.1 Å². The fraction of sp³-hybridized carbons (Fsp3) is 0.314. The first-order valence-corrected chi connectivity index (χ1v) is 14.1. The Kier molecular flexibility index (Phi) is 6.79. The monoisotopic (exact) mass is 518 g/mol. The average Bonchev–Trinajstić information content (AvgIpc) is 3.93. The summed E-state index contributed by atoms with van der Waals surface area (Å²) < 4.78 is 22.1. The predicted molar refractivity (Wildman–Crippen MR) is 152 cm³/mol. The highest BCUT2D eigenvalue weighted by Gasteiger charge is 2.45. The van der Waals surface area contributed by atoms with Gasteiger partial charge in [0.2, 0.25) is 0 Å². The maximum absolute atomic E-state index is 5.79. The summed E-state index contributed by atoms with van der Waals surface area (Å²) in [6.07, 6.45) is 2.42. The highest BCUT2D eigenvalue weighted by molar-refractivity contribution is 5.86. The molecule has 7 rings (SSSR count). The lowest BCUT2D eigenvalue weighted by Crippen LogP contribution is -2.28. The first-order chi connectivity index (χ1) is 19.3. The van der Waals surface area contributed by atoms with E-state index in [1.165, 1.54) is 44.5 Å². The molecule has 4 heteroatoms. The Balaban J connectivity index is 1.22. The van der Waals surface area contributed by atoms with Crippen molar-refractivity contribution < 1.29 is 18.9 Å². The van der Waals surface area contributed by atoms with Crippen molar-refractivity contribution in [2.24, 2.45) is 0 Å². The van der Waals surface area contributed by atoms with E-state index >= 15 is 0 Å². The van der Waals surface area contributed by atoms with Gasteiger partial charge in [-0.1, -0.05) is 97.1 Å². The fourth-order valence-corrected chi connectivity index (χ4v) is 6.00. The Bertz CT molecular complexity index is 1310. The highest BCUT2D eigenvalue weighted by atomic mass is 16.6. The van der Waals surface area contributed by atoms with Crippen LogP contribution in [0.1, 0.15) is 33.4 Å². The maximum Gasteiger partial charge on any atom is 0.104 e. The van der Waals surface area contributed by atoms with Crippen molar-refractivity contribution in [1.29, 1.82) is 0 Å². The molecule has 3 aliphatic rings. The topological polar surface area (TPSA) is 43.5 Å². The van der Waals surface area contributed by atoms with Crippen molar-refractivity contribution in [1.82, 2.24) is 0 Å². The van der Waals surface area contributed by atoms with Gasteiger partial charge in [0.25, 0.3) is 0 Å². The van der Waals surface area contributed by atoms with Crippen LogP contribution in [0.15, 0.2) is 97.1 Å². The third-order valence-corrected chi connectivity index (χ3v) is 8.21. The number of epoxide rings is 2. The summed E-state index contributed by atoms with van der Waals surface area (Å²) in [4.78, 5) is 0. The lowest BCUT2D eigenvalue weighted by Gasteiger charge is -2.34. The van der Waals surface area contributed by atoms with Gasteiger partial charge < -0.3 is 18.9 Å². The Labute approximate surface area is 230 Å². The van der Waals surface area contributed by atoms with Crippen LogP contribution in [0.3, 0.4) is 0 Å². The predicted octanol–water partition coefficient (Wildman–Crippen LogP) is 5.97. The molecule has 2 atom stereocenters. The first-order valence-electron chi connectivity index (χ1n) is 14.1. The Morgan fingerprint density at radius 2 is 0.974 bits per heavy atom. The molecule has 2 unspecified atom stereocenters. The average molecular weight is 519 g/mol. The molecule has 39 heavy (non-hydrogen) atoms. The Hall–Kier alpha value is -3.28. The van der Waals surface area contributed by atoms with Crippen molar-refractivity contribution in [3.05, 3.63) is 130 Å². The molecule has 4 nitrogen and oxygen atoms in total. The van der Waals surface area contributed by atoms with E-state index < -0.39 is 0 Å². The number of rotatable bonds is 12. The van der Waals surface area contributed by atoms with Crippen LogP contribution in [-0.4, -0.2) is 51.8 Å². The lowest BCUT2D eigenvalue weighted by molar-refractivity contribution is 0.119. The highest BCUT2D eigenvalue weighted by Crippen LogP contribution is 2.55. The molecule has 4 aromatic carbocycles. The maximum atomic E-state index is 5.79. The van der Waals surface area contributed by atoms with E-state index in [0.29, 0.717) is 25.4 Å². The summed E-state index contributed by atoms with van der Waals surface area (Å²) >= 11 is 0. The van der Waals surface area contributed by atoms with Crippen molar-refractivity contribution in [2.75, 3.05) is 39.6 Å². The van der Waals surface area contributed by atoms with Crippen LogP contribution in [0.25, 0.3) is 11.1 Å². The van der Waals surface area contributed by atoms with Crippen molar-refractivity contribution in [3.63, 3.8) is 0 Å². The third kappa shape index (κ3) is 4.94. The Morgan fingerprint density at radius 1 is 0.564 bits per heavy atom. The van der Waals surface area contributed by atoms with Gasteiger partial charge >= 0.3 is 0 Å². The Morgan fingerprint density at radius 3 is 1.38 bits per heavy atom. The van der Waals surface area contributed by atoms with E-state index in [4.69, 9.17) is 18.9 Å². The second-order valence-electron chi connectivity index (χ2n) is 10.8. The number of hydrogen-bond acceptors (Lipinski definition) is 4. The van der Waals surface area contributed by atoms with Crippen LogP contribution in [0.5, 0.6) is 0 Å². The summed E-state index contributed by atoms with van der Waals surface area (Å²) in [6, 6.07) is 36.1. The van der Waals surface area contributed by atoms with E-state index in [-0.39, 0.29) is 5.41 Å². The SMILES string of the molecule is c1ccc2c(c1)-c1ccccc1C2(c1ccc(CCOCC2CO2)cc1)c1ccc(CCOCC2CO2)cc1. The fourth-order valence-electron chi connectivity index (χ4n) is 6.00. The standard InChI is InChI=1S/C35H34O4/c1-3-7-33-31(5-1)32-6-2-4-8-34(32)35(33,27-13-9-25(10-14-27)17-19-36-21-29-23-38-29)28-15-11-26(12-16-28)18-20-37-22-30-24-39-30/h1-16,29-30H,17-24H2. The minimum absolute atomic E-state index is 0.311. The number of benzene rings is 4. The largest absolute Gasteiger partial charge is 0.378 e. The molecule has 2 fully saturated rings. The molecule has 0 amide bonds. The molecule has 0 spiro atoms. The van der Waals surface area contributed by atoms with E-state index in [1.807, 2.05) is 0 Å². The zero-order valence-electron chi connectivity index (χ0n) is 22.2. The van der Waals surface area contributed by atoms with Crippen LogP contribution >= 0.6 is 0 Å². The zero-order valence-corrected chi connectivity index (χ0v) is 22.2. The summed E-state index contributed by atoms with van der Waals surface area (Å²) in [6.45, 7) is 4.51. The smallest absolute Gasteiger partial charge is 0.104 e. The van der Waals surface area contributed by atoms with Crippen LogP contribution in [-0.2, 0) is 37.2 Å². The molecule has 1 aliphatic carbocycles. The number of hydrogen-bond donors (Lipinski definition) is 0. The number of fused-ring (bicyclic) bond motifs is 3. The second-order valence-corrected chi connectivity index (χ2v) is 10.8. The minimum Gasteiger partial charge on any atom is -0.378 e. The summed E-state index contributed by atoms with van der Waals surface area (Å²) in [5.74, 6) is 0. The molecule has 0 radical (unpaired) electrons. The van der Waals surface area contributed by atoms with Gasteiger partial charge in [-0.2, -0.15) is 0 Å². The summed E-state index contributed by atoms with van der Waals surface area (Å²) in [5, 5.41) is 0. The molecule has 2 heterocycles. The molecule has 2 aliphatic heterocycles. The van der Waals surface area contributed by atoms with E-state index in [9.17, 15) is 0 Å². The quantitative estimate of drug-likeness (QED) is 0.151. The molecular weight excluding hydrogens is 484 g/mol. The van der Waals surface area contributed by atoms with Gasteiger partial charge in [-0.05, 0) is 57.3 Å². The van der Waals surface area contributed by atoms with E-state index in [2.05, 4.69) is 97.1 Å². The van der Waals surface area contributed by atoms with Gasteiger partial charge in [-0.3, -0.25) is 0 Å². The van der Waals surface area contributed by atoms with Crippen molar-refractivity contribution in [2.45, 2.75) is 30.5 Å². The molecule has 0 bridgehead atoms. The van der Waals surface area contributed by atoms with E-state index in [0.717, 1.165) is 39.3 Å². The minimum atomic E-state index is -0.371. The van der Waals surface area contributed by atoms with Gasteiger partial charge in [0.05, 0.1) is 45.1 Å².